The van der Waals surface area contributed by atoms with E-state index in [0.29, 0.717) is 47.6 Å². The minimum Gasteiger partial charge on any atom is -0.497 e. The van der Waals surface area contributed by atoms with Crippen LogP contribution in [0.15, 0.2) is 36.4 Å². The molecule has 1 fully saturated rings. The molecule has 1 heterocycles. The number of piperidine rings is 1. The van der Waals surface area contributed by atoms with Crippen LogP contribution in [0.4, 0.5) is 8.78 Å². The second kappa shape index (κ2) is 9.87. The number of benzene rings is 2. The van der Waals surface area contributed by atoms with Crippen molar-refractivity contribution in [2.75, 3.05) is 14.2 Å². The monoisotopic (exact) mass is 389 g/mol. The minimum atomic E-state index is -0.179. The summed E-state index contributed by atoms with van der Waals surface area (Å²) in [6, 6.07) is 10.5. The van der Waals surface area contributed by atoms with E-state index < -0.39 is 0 Å². The van der Waals surface area contributed by atoms with Gasteiger partial charge in [-0.25, -0.2) is 8.78 Å². The van der Waals surface area contributed by atoms with Crippen molar-refractivity contribution in [3.8, 4) is 11.5 Å². The first-order valence-electron chi connectivity index (χ1n) is 10.00. The predicted molar refractivity (Wildman–Crippen MR) is 107 cm³/mol. The fraction of sp³-hybridized carbons (Fsp3) is 0.478. The maximum absolute atomic E-state index is 14.0. The summed E-state index contributed by atoms with van der Waals surface area (Å²) in [5.41, 5.74) is 1.39. The number of halogens is 2. The molecule has 0 unspecified atom stereocenters. The van der Waals surface area contributed by atoms with Crippen LogP contribution >= 0.6 is 0 Å². The first-order chi connectivity index (χ1) is 13.6. The van der Waals surface area contributed by atoms with Crippen LogP contribution < -0.4 is 14.8 Å². The highest BCUT2D eigenvalue weighted by Gasteiger charge is 2.21. The molecule has 1 saturated heterocycles. The van der Waals surface area contributed by atoms with Gasteiger partial charge in [-0.05, 0) is 86.1 Å². The number of methoxy groups -OCH3 is 2. The lowest BCUT2D eigenvalue weighted by Gasteiger charge is -2.31. The van der Waals surface area contributed by atoms with Gasteiger partial charge in [-0.3, -0.25) is 0 Å². The maximum Gasteiger partial charge on any atom is 0.126 e. The molecule has 28 heavy (non-hydrogen) atoms. The summed E-state index contributed by atoms with van der Waals surface area (Å²) in [6.07, 6.45) is 6.45. The summed E-state index contributed by atoms with van der Waals surface area (Å²) in [6.45, 7) is 0. The van der Waals surface area contributed by atoms with Crippen LogP contribution in [0.5, 0.6) is 11.5 Å². The van der Waals surface area contributed by atoms with Gasteiger partial charge >= 0.3 is 0 Å². The molecule has 3 rings (SSSR count). The Hall–Kier alpha value is -2.14. The fourth-order valence-corrected chi connectivity index (χ4v) is 3.96. The molecule has 5 heteroatoms. The zero-order valence-corrected chi connectivity index (χ0v) is 16.6. The molecule has 0 spiro atoms. The molecule has 1 aliphatic rings. The largest absolute Gasteiger partial charge is 0.497 e. The Bertz CT molecular complexity index is 718. The fourth-order valence-electron chi connectivity index (χ4n) is 3.96. The normalized spacial score (nSPS) is 19.4. The zero-order chi connectivity index (χ0) is 19.9. The summed E-state index contributed by atoms with van der Waals surface area (Å²) in [7, 11) is 3.19. The van der Waals surface area contributed by atoms with Crippen molar-refractivity contribution in [3.63, 3.8) is 0 Å². The van der Waals surface area contributed by atoms with Crippen LogP contribution in [0.2, 0.25) is 0 Å². The third-order valence-electron chi connectivity index (χ3n) is 5.61. The average molecular weight is 389 g/mol. The Kier molecular flexibility index (Phi) is 7.26. The van der Waals surface area contributed by atoms with Crippen molar-refractivity contribution in [2.45, 2.75) is 57.0 Å². The average Bonchev–Trinajstić information content (AvgIpc) is 2.73. The van der Waals surface area contributed by atoms with Gasteiger partial charge in [-0.1, -0.05) is 6.42 Å². The van der Waals surface area contributed by atoms with Crippen LogP contribution in [-0.2, 0) is 12.8 Å². The number of hydrogen-bond donors (Lipinski definition) is 1. The van der Waals surface area contributed by atoms with Crippen LogP contribution in [-0.4, -0.2) is 26.3 Å². The molecule has 0 aromatic heterocycles. The van der Waals surface area contributed by atoms with Gasteiger partial charge in [0.05, 0.1) is 14.2 Å². The van der Waals surface area contributed by atoms with E-state index in [0.717, 1.165) is 32.1 Å². The molecule has 2 aromatic rings. The van der Waals surface area contributed by atoms with Gasteiger partial charge < -0.3 is 14.8 Å². The second-order valence-electron chi connectivity index (χ2n) is 7.48. The third-order valence-corrected chi connectivity index (χ3v) is 5.61. The van der Waals surface area contributed by atoms with Crippen molar-refractivity contribution >= 4 is 0 Å². The molecule has 0 saturated carbocycles. The predicted octanol–water partition coefficient (Wildman–Crippen LogP) is 5.06. The van der Waals surface area contributed by atoms with E-state index in [1.807, 2.05) is 0 Å². The number of ether oxygens (including phenoxy) is 2. The molecule has 152 valence electrons. The van der Waals surface area contributed by atoms with Gasteiger partial charge in [0.2, 0.25) is 0 Å². The van der Waals surface area contributed by atoms with Crippen molar-refractivity contribution in [1.82, 2.24) is 5.32 Å². The molecule has 0 radical (unpaired) electrons. The molecule has 3 nitrogen and oxygen atoms in total. The second-order valence-corrected chi connectivity index (χ2v) is 7.48. The van der Waals surface area contributed by atoms with Crippen LogP contribution in [0.25, 0.3) is 0 Å². The lowest BCUT2D eigenvalue weighted by molar-refractivity contribution is 0.295. The lowest BCUT2D eigenvalue weighted by Crippen LogP contribution is -2.42. The smallest absolute Gasteiger partial charge is 0.126 e. The summed E-state index contributed by atoms with van der Waals surface area (Å²) in [4.78, 5) is 0. The zero-order valence-electron chi connectivity index (χ0n) is 16.6. The Morgan fingerprint density at radius 2 is 1.29 bits per heavy atom. The highest BCUT2D eigenvalue weighted by atomic mass is 19.1. The highest BCUT2D eigenvalue weighted by Crippen LogP contribution is 2.24. The van der Waals surface area contributed by atoms with Crippen molar-refractivity contribution in [3.05, 3.63) is 59.2 Å². The van der Waals surface area contributed by atoms with Crippen LogP contribution in [0.1, 0.15) is 43.2 Å². The van der Waals surface area contributed by atoms with Gasteiger partial charge in [-0.15, -0.1) is 0 Å². The van der Waals surface area contributed by atoms with Gasteiger partial charge in [0, 0.05) is 12.1 Å². The SMILES string of the molecule is COc1ccc(F)c(CC[C@H]2CCC[C@@H](CCc3cc(OC)ccc3F)N2)c1. The molecule has 1 N–H and O–H groups in total. The molecule has 2 atom stereocenters. The Labute approximate surface area is 166 Å². The van der Waals surface area contributed by atoms with Crippen LogP contribution in [0.3, 0.4) is 0 Å². The molecular weight excluding hydrogens is 360 g/mol. The van der Waals surface area contributed by atoms with E-state index in [4.69, 9.17) is 9.47 Å². The maximum atomic E-state index is 14.0. The number of hydrogen-bond acceptors (Lipinski definition) is 3. The molecule has 0 bridgehead atoms. The first-order valence-corrected chi connectivity index (χ1v) is 10.00. The molecule has 0 amide bonds. The van der Waals surface area contributed by atoms with Crippen molar-refractivity contribution in [2.24, 2.45) is 0 Å². The molecule has 1 aliphatic heterocycles. The van der Waals surface area contributed by atoms with Crippen molar-refractivity contribution in [1.29, 1.82) is 0 Å². The minimum absolute atomic E-state index is 0.179. The summed E-state index contributed by atoms with van der Waals surface area (Å²) >= 11 is 0. The number of aryl methyl sites for hydroxylation is 2. The van der Waals surface area contributed by atoms with E-state index in [1.165, 1.54) is 12.1 Å². The van der Waals surface area contributed by atoms with E-state index in [9.17, 15) is 8.78 Å². The lowest BCUT2D eigenvalue weighted by atomic mass is 9.91. The Morgan fingerprint density at radius 3 is 1.71 bits per heavy atom. The standard InChI is InChI=1S/C23H29F2NO2/c1-27-20-10-12-22(24)16(14-20)6-8-18-4-3-5-19(26-18)9-7-17-15-21(28-2)11-13-23(17)25/h10-15,18-19,26H,3-9H2,1-2H3/t18-,19+. The first kappa shape index (κ1) is 20.6. The quantitative estimate of drug-likeness (QED) is 0.685. The summed E-state index contributed by atoms with van der Waals surface area (Å²) < 4.78 is 38.4. The third kappa shape index (κ3) is 5.44. The van der Waals surface area contributed by atoms with E-state index in [1.54, 1.807) is 38.5 Å². The van der Waals surface area contributed by atoms with Gasteiger partial charge in [0.25, 0.3) is 0 Å². The number of nitrogens with one attached hydrogen (secondary N) is 1. The van der Waals surface area contributed by atoms with Gasteiger partial charge in [0.1, 0.15) is 23.1 Å². The topological polar surface area (TPSA) is 30.5 Å². The van der Waals surface area contributed by atoms with Gasteiger partial charge in [-0.2, -0.15) is 0 Å². The summed E-state index contributed by atoms with van der Waals surface area (Å²) in [5.74, 6) is 1.01. The highest BCUT2D eigenvalue weighted by molar-refractivity contribution is 5.30. The van der Waals surface area contributed by atoms with E-state index >= 15 is 0 Å². The Morgan fingerprint density at radius 1 is 0.821 bits per heavy atom. The molecular formula is C23H29F2NO2. The van der Waals surface area contributed by atoms with E-state index in [-0.39, 0.29) is 11.6 Å². The molecule has 0 aliphatic carbocycles. The molecule has 2 aromatic carbocycles. The summed E-state index contributed by atoms with van der Waals surface area (Å²) in [5, 5.41) is 3.68. The van der Waals surface area contributed by atoms with Crippen molar-refractivity contribution < 1.29 is 18.3 Å². The van der Waals surface area contributed by atoms with E-state index in [2.05, 4.69) is 5.32 Å². The van der Waals surface area contributed by atoms with Crippen LogP contribution in [0, 0.1) is 11.6 Å². The number of rotatable bonds is 8. The Balaban J connectivity index is 1.52. The van der Waals surface area contributed by atoms with Gasteiger partial charge in [0.15, 0.2) is 0 Å².